The van der Waals surface area contributed by atoms with Crippen LogP contribution in [0.5, 0.6) is 0 Å². The summed E-state index contributed by atoms with van der Waals surface area (Å²) < 4.78 is 4.67. The minimum absolute atomic E-state index is 0.0787. The van der Waals surface area contributed by atoms with E-state index in [4.69, 9.17) is 0 Å². The van der Waals surface area contributed by atoms with E-state index in [1.54, 1.807) is 0 Å². The van der Waals surface area contributed by atoms with E-state index >= 15 is 0 Å². The molecule has 1 atom stereocenters. The lowest BCUT2D eigenvalue weighted by molar-refractivity contribution is -0.144. The second kappa shape index (κ2) is 4.26. The molecule has 0 saturated carbocycles. The molecule has 0 aromatic heterocycles. The molecule has 0 radical (unpaired) electrons. The predicted octanol–water partition coefficient (Wildman–Crippen LogP) is 0.667. The van der Waals surface area contributed by atoms with E-state index in [-0.39, 0.29) is 11.9 Å². The summed E-state index contributed by atoms with van der Waals surface area (Å²) in [5.41, 5.74) is 0. The number of carbonyl (C=O) groups excluding carboxylic acids is 1. The van der Waals surface area contributed by atoms with Crippen LogP contribution >= 0.6 is 0 Å². The zero-order valence-electron chi connectivity index (χ0n) is 7.45. The number of carbonyl (C=O) groups is 1. The Morgan fingerprint density at radius 1 is 1.83 bits per heavy atom. The van der Waals surface area contributed by atoms with Crippen LogP contribution in [0.3, 0.4) is 0 Å². The van der Waals surface area contributed by atoms with Gasteiger partial charge in [0.05, 0.1) is 13.0 Å². The number of hydrogen-bond acceptors (Lipinski definition) is 3. The third kappa shape index (κ3) is 2.08. The lowest BCUT2D eigenvalue weighted by Crippen LogP contribution is -2.23. The maximum atomic E-state index is 11.1. The van der Waals surface area contributed by atoms with E-state index in [0.29, 0.717) is 0 Å². The highest BCUT2D eigenvalue weighted by atomic mass is 16.5. The SMILES string of the molecule is C=CCN1CC[C@H](C(=O)OC)C1. The minimum atomic E-state index is -0.0819. The minimum Gasteiger partial charge on any atom is -0.469 e. The van der Waals surface area contributed by atoms with Gasteiger partial charge >= 0.3 is 5.97 Å². The third-order valence-corrected chi connectivity index (χ3v) is 2.19. The molecule has 0 aliphatic carbocycles. The van der Waals surface area contributed by atoms with Crippen molar-refractivity contribution in [1.29, 1.82) is 0 Å². The highest BCUT2D eigenvalue weighted by Crippen LogP contribution is 2.16. The molecular formula is C9H15NO2. The molecular weight excluding hydrogens is 154 g/mol. The van der Waals surface area contributed by atoms with Gasteiger partial charge in [-0.2, -0.15) is 0 Å². The Hall–Kier alpha value is -0.830. The first-order valence-corrected chi connectivity index (χ1v) is 4.19. The third-order valence-electron chi connectivity index (χ3n) is 2.19. The van der Waals surface area contributed by atoms with E-state index in [9.17, 15) is 4.79 Å². The summed E-state index contributed by atoms with van der Waals surface area (Å²) in [4.78, 5) is 13.3. The first kappa shape index (κ1) is 9.26. The summed E-state index contributed by atoms with van der Waals surface area (Å²) in [6.45, 7) is 6.32. The van der Waals surface area contributed by atoms with Crippen molar-refractivity contribution in [3.05, 3.63) is 12.7 Å². The maximum absolute atomic E-state index is 11.1. The molecule has 0 aromatic carbocycles. The van der Waals surface area contributed by atoms with E-state index in [0.717, 1.165) is 26.1 Å². The molecule has 0 spiro atoms. The second-order valence-corrected chi connectivity index (χ2v) is 3.06. The molecule has 68 valence electrons. The number of nitrogens with zero attached hydrogens (tertiary/aromatic N) is 1. The Morgan fingerprint density at radius 2 is 2.58 bits per heavy atom. The molecule has 1 fully saturated rings. The largest absolute Gasteiger partial charge is 0.469 e. The quantitative estimate of drug-likeness (QED) is 0.459. The van der Waals surface area contributed by atoms with Gasteiger partial charge < -0.3 is 4.74 Å². The van der Waals surface area contributed by atoms with Crippen molar-refractivity contribution < 1.29 is 9.53 Å². The van der Waals surface area contributed by atoms with Crippen LogP contribution in [0.1, 0.15) is 6.42 Å². The van der Waals surface area contributed by atoms with Gasteiger partial charge in [-0.25, -0.2) is 0 Å². The molecule has 1 rings (SSSR count). The van der Waals surface area contributed by atoms with Crippen LogP contribution in [0.25, 0.3) is 0 Å². The fourth-order valence-electron chi connectivity index (χ4n) is 1.54. The zero-order chi connectivity index (χ0) is 8.97. The van der Waals surface area contributed by atoms with Gasteiger partial charge in [0.15, 0.2) is 0 Å². The highest BCUT2D eigenvalue weighted by Gasteiger charge is 2.27. The fourth-order valence-corrected chi connectivity index (χ4v) is 1.54. The first-order valence-electron chi connectivity index (χ1n) is 4.19. The van der Waals surface area contributed by atoms with Crippen LogP contribution in [0.4, 0.5) is 0 Å². The van der Waals surface area contributed by atoms with E-state index in [1.807, 2.05) is 6.08 Å². The van der Waals surface area contributed by atoms with Gasteiger partial charge in [0.1, 0.15) is 0 Å². The Morgan fingerprint density at radius 3 is 3.17 bits per heavy atom. The van der Waals surface area contributed by atoms with Crippen LogP contribution in [0, 0.1) is 5.92 Å². The van der Waals surface area contributed by atoms with Crippen LogP contribution in [-0.4, -0.2) is 37.6 Å². The normalized spacial score (nSPS) is 23.9. The van der Waals surface area contributed by atoms with E-state index in [1.165, 1.54) is 7.11 Å². The average molecular weight is 169 g/mol. The lowest BCUT2D eigenvalue weighted by Gasteiger charge is -2.11. The van der Waals surface area contributed by atoms with Crippen LogP contribution in [-0.2, 0) is 9.53 Å². The molecule has 1 aliphatic rings. The van der Waals surface area contributed by atoms with Gasteiger partial charge in [-0.3, -0.25) is 9.69 Å². The maximum Gasteiger partial charge on any atom is 0.310 e. The highest BCUT2D eigenvalue weighted by molar-refractivity contribution is 5.72. The molecule has 1 saturated heterocycles. The number of esters is 1. The molecule has 0 bridgehead atoms. The van der Waals surface area contributed by atoms with Crippen molar-refractivity contribution in [2.75, 3.05) is 26.7 Å². The molecule has 0 amide bonds. The van der Waals surface area contributed by atoms with Crippen LogP contribution in [0.2, 0.25) is 0 Å². The van der Waals surface area contributed by atoms with Crippen LogP contribution in [0.15, 0.2) is 12.7 Å². The van der Waals surface area contributed by atoms with Gasteiger partial charge in [0.2, 0.25) is 0 Å². The number of ether oxygens (including phenoxy) is 1. The average Bonchev–Trinajstić information content (AvgIpc) is 2.52. The Kier molecular flexibility index (Phi) is 3.29. The van der Waals surface area contributed by atoms with Gasteiger partial charge in [0.25, 0.3) is 0 Å². The Bertz CT molecular complexity index is 179. The Balaban J connectivity index is 2.34. The number of likely N-dealkylation sites (tertiary alicyclic amines) is 1. The van der Waals surface area contributed by atoms with Gasteiger partial charge in [-0.1, -0.05) is 6.08 Å². The standard InChI is InChI=1S/C9H15NO2/c1-3-5-10-6-4-8(7-10)9(11)12-2/h3,8H,1,4-7H2,2H3/t8-/m0/s1. The molecule has 0 aromatic rings. The smallest absolute Gasteiger partial charge is 0.310 e. The molecule has 3 nitrogen and oxygen atoms in total. The predicted molar refractivity (Wildman–Crippen MR) is 46.8 cm³/mol. The van der Waals surface area contributed by atoms with Gasteiger partial charge in [0, 0.05) is 13.1 Å². The van der Waals surface area contributed by atoms with Gasteiger partial charge in [-0.05, 0) is 13.0 Å². The molecule has 0 N–H and O–H groups in total. The van der Waals surface area contributed by atoms with Crippen molar-refractivity contribution >= 4 is 5.97 Å². The first-order chi connectivity index (χ1) is 5.77. The summed E-state index contributed by atoms with van der Waals surface area (Å²) in [6.07, 6.45) is 2.78. The van der Waals surface area contributed by atoms with E-state index in [2.05, 4.69) is 16.2 Å². The summed E-state index contributed by atoms with van der Waals surface area (Å²) >= 11 is 0. The monoisotopic (exact) mass is 169 g/mol. The van der Waals surface area contributed by atoms with Gasteiger partial charge in [-0.15, -0.1) is 6.58 Å². The number of hydrogen-bond donors (Lipinski definition) is 0. The summed E-state index contributed by atoms with van der Waals surface area (Å²) in [6, 6.07) is 0. The van der Waals surface area contributed by atoms with E-state index < -0.39 is 0 Å². The number of rotatable bonds is 3. The van der Waals surface area contributed by atoms with Crippen LogP contribution < -0.4 is 0 Å². The number of methoxy groups -OCH3 is 1. The molecule has 0 unspecified atom stereocenters. The summed E-state index contributed by atoms with van der Waals surface area (Å²) in [7, 11) is 1.44. The van der Waals surface area contributed by atoms with Crippen molar-refractivity contribution in [1.82, 2.24) is 4.90 Å². The summed E-state index contributed by atoms with van der Waals surface area (Å²) in [5.74, 6) is -0.00323. The lowest BCUT2D eigenvalue weighted by atomic mass is 10.1. The molecule has 1 heterocycles. The zero-order valence-corrected chi connectivity index (χ0v) is 7.45. The molecule has 3 heteroatoms. The molecule has 12 heavy (non-hydrogen) atoms. The van der Waals surface area contributed by atoms with Crippen molar-refractivity contribution in [2.24, 2.45) is 5.92 Å². The van der Waals surface area contributed by atoms with Crippen molar-refractivity contribution in [3.63, 3.8) is 0 Å². The summed E-state index contributed by atoms with van der Waals surface area (Å²) in [5, 5.41) is 0. The second-order valence-electron chi connectivity index (χ2n) is 3.06. The van der Waals surface area contributed by atoms with Crippen molar-refractivity contribution in [3.8, 4) is 0 Å². The fraction of sp³-hybridized carbons (Fsp3) is 0.667. The Labute approximate surface area is 73.0 Å². The topological polar surface area (TPSA) is 29.5 Å². The molecule has 1 aliphatic heterocycles. The van der Waals surface area contributed by atoms with Crippen molar-refractivity contribution in [2.45, 2.75) is 6.42 Å².